The van der Waals surface area contributed by atoms with E-state index < -0.39 is 79.0 Å². The molecule has 2 fully saturated rings. The van der Waals surface area contributed by atoms with Gasteiger partial charge in [-0.15, -0.1) is 0 Å². The van der Waals surface area contributed by atoms with Crippen LogP contribution >= 0.6 is 0 Å². The van der Waals surface area contributed by atoms with Gasteiger partial charge in [-0.1, -0.05) is 25.7 Å². The van der Waals surface area contributed by atoms with E-state index in [0.29, 0.717) is 35.4 Å². The number of aromatic nitrogens is 2. The SMILES string of the molecule is [2H]C1([2H])C(C(F)(F)F)NC(=O)N1[C@@H](c1ccc2c(c1)nc([C@@H](N[S@](=O)C(C)(C)C)[C@@H](C)O[C@H](C)C(F)(F)F)n2COCC[Si](C)(C)C)C1CC1. The number of halogens is 6. The number of hydrogen-bond donors (Lipinski definition) is 2. The van der Waals surface area contributed by atoms with Crippen LogP contribution in [0.3, 0.4) is 0 Å². The van der Waals surface area contributed by atoms with Crippen molar-refractivity contribution in [3.63, 3.8) is 0 Å². The van der Waals surface area contributed by atoms with Crippen molar-refractivity contribution in [2.75, 3.05) is 13.1 Å². The topological polar surface area (TPSA) is 97.7 Å². The Labute approximate surface area is 283 Å². The van der Waals surface area contributed by atoms with Crippen LogP contribution in [0.4, 0.5) is 31.1 Å². The zero-order valence-electron chi connectivity index (χ0n) is 30.4. The Morgan fingerprint density at radius 1 is 1.15 bits per heavy atom. The number of nitrogens with zero attached hydrogens (tertiary/aromatic N) is 3. The maximum atomic E-state index is 13.8. The van der Waals surface area contributed by atoms with E-state index in [2.05, 4.69) is 24.4 Å². The largest absolute Gasteiger partial charge is 0.414 e. The molecule has 1 aromatic heterocycles. The molecule has 6 atom stereocenters. The molecule has 17 heteroatoms. The molecular weight excluding hydrogens is 681 g/mol. The van der Waals surface area contributed by atoms with Gasteiger partial charge in [0.1, 0.15) is 24.6 Å². The summed E-state index contributed by atoms with van der Waals surface area (Å²) in [6.07, 6.45) is -12.0. The minimum absolute atomic E-state index is 0.0755. The monoisotopic (exact) mass is 729 g/mol. The lowest BCUT2D eigenvalue weighted by Gasteiger charge is -2.30. The second kappa shape index (κ2) is 14.2. The van der Waals surface area contributed by atoms with Crippen molar-refractivity contribution in [1.29, 1.82) is 0 Å². The van der Waals surface area contributed by atoms with Crippen molar-refractivity contribution in [2.45, 2.75) is 127 Å². The Morgan fingerprint density at radius 2 is 1.79 bits per heavy atom. The first kappa shape index (κ1) is 35.6. The van der Waals surface area contributed by atoms with Gasteiger partial charge in [0.05, 0.1) is 48.2 Å². The maximum absolute atomic E-state index is 13.8. The molecule has 48 heavy (non-hydrogen) atoms. The van der Waals surface area contributed by atoms with Gasteiger partial charge in [-0.3, -0.25) is 0 Å². The first-order chi connectivity index (χ1) is 22.7. The fourth-order valence-electron chi connectivity index (χ4n) is 5.21. The summed E-state index contributed by atoms with van der Waals surface area (Å²) in [7, 11) is -3.30. The fourth-order valence-corrected chi connectivity index (χ4v) is 6.85. The number of amides is 2. The number of rotatable bonds is 14. The molecule has 1 aromatic carbocycles. The Kier molecular flexibility index (Phi) is 10.5. The van der Waals surface area contributed by atoms with Gasteiger partial charge >= 0.3 is 18.4 Å². The second-order valence-corrected chi connectivity index (χ2v) is 22.3. The summed E-state index contributed by atoms with van der Waals surface area (Å²) in [5, 5.41) is 1.76. The molecule has 2 N–H and O–H groups in total. The summed E-state index contributed by atoms with van der Waals surface area (Å²) in [6.45, 7) is 11.1. The van der Waals surface area contributed by atoms with E-state index in [1.54, 1.807) is 48.9 Å². The molecule has 2 aliphatic rings. The standard InChI is InChI=1S/C31H47F6N5O4SSi/c1-18(46-19(2)30(32,33)34)25(40-47(44)29(3,4)5)27-38-22-15-21(11-12-23(22)42(27)17-45-13-14-48(6,7)8)26(20-9-10-20)41-16-24(31(35,36)37)39-28(41)43/h11-12,15,18-20,24-26,40H,9-10,13-14,16-17H2,1-8H3,(H,39,43)/t18-,19-,24?,25+,26-,47-/m1/s1/i16D2. The molecule has 2 aromatic rings. The average Bonchev–Trinajstić information content (AvgIpc) is 3.68. The Bertz CT molecular complexity index is 1560. The van der Waals surface area contributed by atoms with E-state index >= 15 is 0 Å². The summed E-state index contributed by atoms with van der Waals surface area (Å²) in [5.41, 5.74) is 1.07. The van der Waals surface area contributed by atoms with E-state index in [1.165, 1.54) is 6.92 Å². The maximum Gasteiger partial charge on any atom is 0.414 e. The van der Waals surface area contributed by atoms with E-state index in [1.807, 2.05) is 0 Å². The third-order valence-electron chi connectivity index (χ3n) is 8.21. The van der Waals surface area contributed by atoms with Gasteiger partial charge in [-0.2, -0.15) is 26.3 Å². The number of carbonyl (C=O) groups excluding carboxylic acids is 1. The molecule has 1 aliphatic heterocycles. The molecule has 0 bridgehead atoms. The van der Waals surface area contributed by atoms with E-state index in [9.17, 15) is 35.3 Å². The van der Waals surface area contributed by atoms with Gasteiger partial charge in [-0.25, -0.2) is 18.7 Å². The molecule has 2 amide bonds. The number of urea groups is 1. The van der Waals surface area contributed by atoms with Crippen molar-refractivity contribution < 1.29 is 47.6 Å². The Hall–Kier alpha value is -2.21. The van der Waals surface area contributed by atoms with Gasteiger partial charge < -0.3 is 24.3 Å². The van der Waals surface area contributed by atoms with Crippen LogP contribution in [-0.4, -0.2) is 81.2 Å². The molecule has 1 unspecified atom stereocenters. The second-order valence-electron chi connectivity index (χ2n) is 14.7. The van der Waals surface area contributed by atoms with Gasteiger partial charge in [0.25, 0.3) is 0 Å². The number of fused-ring (bicyclic) bond motifs is 1. The third kappa shape index (κ3) is 9.51. The van der Waals surface area contributed by atoms with Crippen LogP contribution < -0.4 is 10.0 Å². The number of hydrogen-bond acceptors (Lipinski definition) is 5. The average molecular weight is 730 g/mol. The zero-order valence-corrected chi connectivity index (χ0v) is 30.2. The number of ether oxygens (including phenoxy) is 2. The van der Waals surface area contributed by atoms with Crippen LogP contribution in [0.5, 0.6) is 0 Å². The molecule has 1 saturated carbocycles. The van der Waals surface area contributed by atoms with Gasteiger partial charge in [0, 0.05) is 14.7 Å². The predicted octanol–water partition coefficient (Wildman–Crippen LogP) is 7.20. The van der Waals surface area contributed by atoms with Crippen molar-refractivity contribution in [1.82, 2.24) is 24.5 Å². The highest BCUT2D eigenvalue weighted by Crippen LogP contribution is 2.46. The summed E-state index contributed by atoms with van der Waals surface area (Å²) >= 11 is 0. The molecule has 4 rings (SSSR count). The van der Waals surface area contributed by atoms with Crippen LogP contribution in [0.2, 0.25) is 25.7 Å². The molecule has 9 nitrogen and oxygen atoms in total. The Balaban J connectivity index is 1.83. The van der Waals surface area contributed by atoms with Gasteiger partial charge in [-0.05, 0) is 77.1 Å². The summed E-state index contributed by atoms with van der Waals surface area (Å²) in [5.74, 6) is -0.161. The number of alkyl halides is 6. The van der Waals surface area contributed by atoms with Gasteiger partial charge in [0.15, 0.2) is 6.10 Å². The smallest absolute Gasteiger partial charge is 0.364 e. The van der Waals surface area contributed by atoms with Crippen molar-refractivity contribution in [2.24, 2.45) is 5.92 Å². The lowest BCUT2D eigenvalue weighted by atomic mass is 10.00. The van der Waals surface area contributed by atoms with Crippen molar-refractivity contribution >= 4 is 36.1 Å². The highest BCUT2D eigenvalue weighted by molar-refractivity contribution is 7.84. The number of carbonyl (C=O) groups is 1. The molecule has 1 aliphatic carbocycles. The van der Waals surface area contributed by atoms with Crippen LogP contribution in [0.25, 0.3) is 11.0 Å². The molecular formula is C31H47F6N5O4SSi. The number of imidazole rings is 1. The van der Waals surface area contributed by atoms with Gasteiger partial charge in [0.2, 0.25) is 0 Å². The molecule has 0 spiro atoms. The first-order valence-electron chi connectivity index (χ1n) is 16.9. The highest BCUT2D eigenvalue weighted by Gasteiger charge is 2.51. The predicted molar refractivity (Wildman–Crippen MR) is 174 cm³/mol. The van der Waals surface area contributed by atoms with Crippen LogP contribution in [-0.2, 0) is 27.2 Å². The third-order valence-corrected chi connectivity index (χ3v) is 11.5. The molecule has 0 radical (unpaired) electrons. The Morgan fingerprint density at radius 3 is 2.31 bits per heavy atom. The summed E-state index contributed by atoms with van der Waals surface area (Å²) in [6, 6.07) is -0.558. The van der Waals surface area contributed by atoms with Crippen molar-refractivity contribution in [3.8, 4) is 0 Å². The molecule has 272 valence electrons. The number of benzene rings is 1. The van der Waals surface area contributed by atoms with Crippen LogP contribution in [0.15, 0.2) is 18.2 Å². The van der Waals surface area contributed by atoms with E-state index in [-0.39, 0.29) is 24.0 Å². The minimum Gasteiger partial charge on any atom is -0.364 e. The lowest BCUT2D eigenvalue weighted by Crippen LogP contribution is -2.43. The normalized spacial score (nSPS) is 23.0. The number of nitrogens with one attached hydrogen (secondary N) is 2. The lowest BCUT2D eigenvalue weighted by molar-refractivity contribution is -0.227. The van der Waals surface area contributed by atoms with Crippen LogP contribution in [0, 0.1) is 5.92 Å². The first-order valence-corrected chi connectivity index (χ1v) is 20.7. The minimum atomic E-state index is -5.04. The summed E-state index contributed by atoms with van der Waals surface area (Å²) < 4.78 is 127. The highest BCUT2D eigenvalue weighted by atomic mass is 32.2. The fraction of sp³-hybridized carbons (Fsp3) is 0.742. The zero-order chi connectivity index (χ0) is 37.8. The summed E-state index contributed by atoms with van der Waals surface area (Å²) in [4.78, 5) is 18.3. The van der Waals surface area contributed by atoms with Crippen molar-refractivity contribution in [3.05, 3.63) is 29.6 Å². The molecule has 2 heterocycles. The van der Waals surface area contributed by atoms with E-state index in [4.69, 9.17) is 17.2 Å². The quantitative estimate of drug-likeness (QED) is 0.122. The molecule has 1 saturated heterocycles. The van der Waals surface area contributed by atoms with Crippen LogP contribution in [0.1, 0.15) is 73.7 Å². The van der Waals surface area contributed by atoms with E-state index in [0.717, 1.165) is 13.0 Å².